The highest BCUT2D eigenvalue weighted by Gasteiger charge is 2.03. The van der Waals surface area contributed by atoms with Crippen molar-refractivity contribution < 1.29 is 9.90 Å². The molecule has 0 atom stereocenters. The Morgan fingerprint density at radius 1 is 1.38 bits per heavy atom. The molecule has 1 aromatic carbocycles. The van der Waals surface area contributed by atoms with Gasteiger partial charge in [-0.1, -0.05) is 23.8 Å². The fourth-order valence-corrected chi connectivity index (χ4v) is 1.15. The van der Waals surface area contributed by atoms with Gasteiger partial charge in [0.1, 0.15) is 0 Å². The molecule has 0 aliphatic rings. The normalized spacial score (nSPS) is 9.08. The van der Waals surface area contributed by atoms with Crippen molar-refractivity contribution in [1.29, 1.82) is 0 Å². The van der Waals surface area contributed by atoms with Gasteiger partial charge < -0.3 is 5.11 Å². The fourth-order valence-electron chi connectivity index (χ4n) is 1.15. The van der Waals surface area contributed by atoms with Crippen molar-refractivity contribution in [2.45, 2.75) is 20.3 Å². The number of halogens is 1. The van der Waals surface area contributed by atoms with E-state index >= 15 is 0 Å². The smallest absolute Gasteiger partial charge is 0.307 e. The zero-order valence-corrected chi connectivity index (χ0v) is 8.52. The number of hydrogen-bond acceptors (Lipinski definition) is 1. The van der Waals surface area contributed by atoms with E-state index in [1.165, 1.54) is 0 Å². The number of aliphatic carboxylic acids is 1. The monoisotopic (exact) mass is 200 g/mol. The molecule has 3 heteroatoms. The SMILES string of the molecule is Cc1ccc(C)c(CC(=O)O)c1.Cl. The summed E-state index contributed by atoms with van der Waals surface area (Å²) in [5.41, 5.74) is 3.06. The third-order valence-corrected chi connectivity index (χ3v) is 1.85. The summed E-state index contributed by atoms with van der Waals surface area (Å²) in [6.07, 6.45) is 0.119. The summed E-state index contributed by atoms with van der Waals surface area (Å²) in [5, 5.41) is 8.58. The van der Waals surface area contributed by atoms with Gasteiger partial charge in [0.25, 0.3) is 0 Å². The molecule has 1 rings (SSSR count). The highest BCUT2D eigenvalue weighted by atomic mass is 35.5. The molecule has 0 bridgehead atoms. The maximum absolute atomic E-state index is 10.4. The van der Waals surface area contributed by atoms with Crippen molar-refractivity contribution in [3.8, 4) is 0 Å². The molecule has 13 heavy (non-hydrogen) atoms. The van der Waals surface area contributed by atoms with Crippen molar-refractivity contribution in [2.75, 3.05) is 0 Å². The van der Waals surface area contributed by atoms with Crippen LogP contribution in [-0.2, 0) is 11.2 Å². The third kappa shape index (κ3) is 3.47. The molecule has 0 aliphatic carbocycles. The maximum atomic E-state index is 10.4. The molecule has 0 heterocycles. The van der Waals surface area contributed by atoms with Gasteiger partial charge in [-0.25, -0.2) is 0 Å². The van der Waals surface area contributed by atoms with Gasteiger partial charge in [-0.15, -0.1) is 12.4 Å². The molecule has 2 nitrogen and oxygen atoms in total. The summed E-state index contributed by atoms with van der Waals surface area (Å²) in [5.74, 6) is -0.774. The van der Waals surface area contributed by atoms with Gasteiger partial charge in [-0.05, 0) is 25.0 Å². The Morgan fingerprint density at radius 2 is 2.00 bits per heavy atom. The van der Waals surface area contributed by atoms with Gasteiger partial charge in [-0.3, -0.25) is 4.79 Å². The number of carboxylic acids is 1. The second-order valence-corrected chi connectivity index (χ2v) is 3.00. The largest absolute Gasteiger partial charge is 0.481 e. The van der Waals surface area contributed by atoms with Crippen LogP contribution in [0.1, 0.15) is 16.7 Å². The van der Waals surface area contributed by atoms with Gasteiger partial charge in [0, 0.05) is 0 Å². The molecule has 0 radical (unpaired) electrons. The molecule has 0 saturated heterocycles. The van der Waals surface area contributed by atoms with Gasteiger partial charge in [0.15, 0.2) is 0 Å². The predicted molar refractivity (Wildman–Crippen MR) is 54.5 cm³/mol. The van der Waals surface area contributed by atoms with Crippen molar-refractivity contribution >= 4 is 18.4 Å². The van der Waals surface area contributed by atoms with Crippen LogP contribution in [0.5, 0.6) is 0 Å². The van der Waals surface area contributed by atoms with Crippen LogP contribution < -0.4 is 0 Å². The van der Waals surface area contributed by atoms with E-state index in [2.05, 4.69) is 0 Å². The highest BCUT2D eigenvalue weighted by Crippen LogP contribution is 2.10. The molecule has 0 aromatic heterocycles. The lowest BCUT2D eigenvalue weighted by Crippen LogP contribution is -2.01. The Bertz CT molecular complexity index is 308. The van der Waals surface area contributed by atoms with E-state index in [4.69, 9.17) is 5.11 Å². The molecule has 0 amide bonds. The summed E-state index contributed by atoms with van der Waals surface area (Å²) < 4.78 is 0. The summed E-state index contributed by atoms with van der Waals surface area (Å²) in [4.78, 5) is 10.4. The van der Waals surface area contributed by atoms with Gasteiger partial charge in [0.2, 0.25) is 0 Å². The van der Waals surface area contributed by atoms with Crippen LogP contribution in [0.15, 0.2) is 18.2 Å². The van der Waals surface area contributed by atoms with E-state index in [0.717, 1.165) is 16.7 Å². The Balaban J connectivity index is 0.00000144. The number of benzene rings is 1. The number of rotatable bonds is 2. The number of carbonyl (C=O) groups is 1. The average molecular weight is 201 g/mol. The summed E-state index contributed by atoms with van der Waals surface area (Å²) in [7, 11) is 0. The zero-order valence-electron chi connectivity index (χ0n) is 7.70. The molecule has 0 unspecified atom stereocenters. The van der Waals surface area contributed by atoms with Crippen molar-refractivity contribution in [1.82, 2.24) is 0 Å². The topological polar surface area (TPSA) is 37.3 Å². The zero-order chi connectivity index (χ0) is 9.14. The summed E-state index contributed by atoms with van der Waals surface area (Å²) in [6, 6.07) is 5.86. The molecule has 1 N–H and O–H groups in total. The first-order chi connectivity index (χ1) is 5.59. The molecular formula is C10H13ClO2. The minimum atomic E-state index is -0.774. The number of hydrogen-bond donors (Lipinski definition) is 1. The van der Waals surface area contributed by atoms with Crippen molar-refractivity contribution in [3.05, 3.63) is 34.9 Å². The molecule has 0 spiro atoms. The number of carboxylic acid groups (broad SMARTS) is 1. The average Bonchev–Trinajstić information content (AvgIpc) is 1.96. The Kier molecular flexibility index (Phi) is 4.49. The van der Waals surface area contributed by atoms with Crippen molar-refractivity contribution in [3.63, 3.8) is 0 Å². The van der Waals surface area contributed by atoms with Crippen LogP contribution in [0.25, 0.3) is 0 Å². The molecule has 0 saturated carbocycles. The lowest BCUT2D eigenvalue weighted by atomic mass is 10.0. The molecule has 0 aliphatic heterocycles. The van der Waals surface area contributed by atoms with Crippen LogP contribution in [0.2, 0.25) is 0 Å². The van der Waals surface area contributed by atoms with Gasteiger partial charge in [-0.2, -0.15) is 0 Å². The maximum Gasteiger partial charge on any atom is 0.307 e. The van der Waals surface area contributed by atoms with Crippen LogP contribution in [0.3, 0.4) is 0 Å². The predicted octanol–water partition coefficient (Wildman–Crippen LogP) is 2.35. The Hall–Kier alpha value is -1.02. The van der Waals surface area contributed by atoms with E-state index < -0.39 is 5.97 Å². The van der Waals surface area contributed by atoms with Crippen LogP contribution >= 0.6 is 12.4 Å². The summed E-state index contributed by atoms with van der Waals surface area (Å²) >= 11 is 0. The third-order valence-electron chi connectivity index (χ3n) is 1.85. The molecule has 0 fully saturated rings. The second-order valence-electron chi connectivity index (χ2n) is 3.00. The fraction of sp³-hybridized carbons (Fsp3) is 0.300. The lowest BCUT2D eigenvalue weighted by Gasteiger charge is -2.03. The van der Waals surface area contributed by atoms with Crippen molar-refractivity contribution in [2.24, 2.45) is 0 Å². The molecular weight excluding hydrogens is 188 g/mol. The highest BCUT2D eigenvalue weighted by molar-refractivity contribution is 5.85. The van der Waals surface area contributed by atoms with E-state index in [9.17, 15) is 4.79 Å². The first kappa shape index (κ1) is 12.0. The minimum Gasteiger partial charge on any atom is -0.481 e. The van der Waals surface area contributed by atoms with Gasteiger partial charge in [0.05, 0.1) is 6.42 Å². The van der Waals surface area contributed by atoms with Gasteiger partial charge >= 0.3 is 5.97 Å². The summed E-state index contributed by atoms with van der Waals surface area (Å²) in [6.45, 7) is 3.89. The first-order valence-corrected chi connectivity index (χ1v) is 3.87. The standard InChI is InChI=1S/C10H12O2.ClH/c1-7-3-4-8(2)9(5-7)6-10(11)12;/h3-5H,6H2,1-2H3,(H,11,12);1H. The lowest BCUT2D eigenvalue weighted by molar-refractivity contribution is -0.136. The first-order valence-electron chi connectivity index (χ1n) is 3.87. The molecule has 72 valence electrons. The van der Waals surface area contributed by atoms with E-state index in [-0.39, 0.29) is 18.8 Å². The quantitative estimate of drug-likeness (QED) is 0.796. The Morgan fingerprint density at radius 3 is 2.54 bits per heavy atom. The van der Waals surface area contributed by atoms with E-state index in [0.29, 0.717) is 0 Å². The molecule has 1 aromatic rings. The van der Waals surface area contributed by atoms with Crippen LogP contribution in [0, 0.1) is 13.8 Å². The van der Waals surface area contributed by atoms with Crippen LogP contribution in [0.4, 0.5) is 0 Å². The van der Waals surface area contributed by atoms with E-state index in [1.54, 1.807) is 0 Å². The van der Waals surface area contributed by atoms with E-state index in [1.807, 2.05) is 32.0 Å². The number of aryl methyl sites for hydroxylation is 2. The Labute approximate surface area is 84.0 Å². The van der Waals surface area contributed by atoms with Crippen LogP contribution in [-0.4, -0.2) is 11.1 Å². The minimum absolute atomic E-state index is 0. The second kappa shape index (κ2) is 4.87.